The zero-order valence-electron chi connectivity index (χ0n) is 17.5. The predicted molar refractivity (Wildman–Crippen MR) is 106 cm³/mol. The fourth-order valence-corrected chi connectivity index (χ4v) is 3.09. The third-order valence-corrected chi connectivity index (χ3v) is 4.48. The van der Waals surface area contributed by atoms with E-state index in [1.165, 1.54) is 13.0 Å². The maximum Gasteiger partial charge on any atom is 0.373 e. The van der Waals surface area contributed by atoms with E-state index in [0.717, 1.165) is 19.6 Å². The molecule has 31 heavy (non-hydrogen) atoms. The first-order chi connectivity index (χ1) is 14.7. The van der Waals surface area contributed by atoms with Crippen LogP contribution in [0.1, 0.15) is 19.4 Å². The van der Waals surface area contributed by atoms with E-state index in [4.69, 9.17) is 14.2 Å². The summed E-state index contributed by atoms with van der Waals surface area (Å²) in [6, 6.07) is 8.15. The molecule has 10 heteroatoms. The number of aliphatic hydroxyl groups is 2. The fourth-order valence-electron chi connectivity index (χ4n) is 3.09. The minimum Gasteiger partial charge on any atom is -0.478 e. The van der Waals surface area contributed by atoms with Crippen molar-refractivity contribution >= 4 is 17.8 Å². The zero-order valence-corrected chi connectivity index (χ0v) is 17.5. The van der Waals surface area contributed by atoms with Gasteiger partial charge >= 0.3 is 11.9 Å². The quantitative estimate of drug-likeness (QED) is 0.449. The lowest BCUT2D eigenvalue weighted by Crippen LogP contribution is -2.60. The van der Waals surface area contributed by atoms with Gasteiger partial charge < -0.3 is 34.5 Å². The highest BCUT2D eigenvalue weighted by Gasteiger charge is 2.45. The van der Waals surface area contributed by atoms with Gasteiger partial charge in [0, 0.05) is 19.9 Å². The van der Waals surface area contributed by atoms with Gasteiger partial charge in [0.25, 0.3) is 0 Å². The molecule has 0 aromatic heterocycles. The SMILES string of the molecule is COC(=O)C1=C[C@H](OC(C)=O)[C@@H](NC(C)=O)[C@H]([C@H](O)[C@H](O)COCc2ccccc2)O1. The highest BCUT2D eigenvalue weighted by atomic mass is 16.6. The minimum atomic E-state index is -1.60. The molecule has 1 amide bonds. The van der Waals surface area contributed by atoms with Crippen molar-refractivity contribution in [3.63, 3.8) is 0 Å². The second-order valence-electron chi connectivity index (χ2n) is 6.96. The van der Waals surface area contributed by atoms with Crippen LogP contribution in [0.15, 0.2) is 42.2 Å². The zero-order chi connectivity index (χ0) is 23.0. The Bertz CT molecular complexity index is 795. The van der Waals surface area contributed by atoms with Crippen LogP contribution in [0.4, 0.5) is 0 Å². The van der Waals surface area contributed by atoms with Crippen LogP contribution in [0.3, 0.4) is 0 Å². The van der Waals surface area contributed by atoms with E-state index in [1.54, 1.807) is 0 Å². The second-order valence-corrected chi connectivity index (χ2v) is 6.96. The Hall–Kier alpha value is -2.95. The van der Waals surface area contributed by atoms with Gasteiger partial charge in [-0.05, 0) is 5.56 Å². The highest BCUT2D eigenvalue weighted by Crippen LogP contribution is 2.25. The van der Waals surface area contributed by atoms with Crippen LogP contribution in [0.5, 0.6) is 0 Å². The van der Waals surface area contributed by atoms with Crippen LogP contribution < -0.4 is 5.32 Å². The number of aliphatic hydroxyl groups excluding tert-OH is 2. The third-order valence-electron chi connectivity index (χ3n) is 4.48. The van der Waals surface area contributed by atoms with Crippen molar-refractivity contribution in [2.45, 2.75) is 50.9 Å². The van der Waals surface area contributed by atoms with E-state index in [-0.39, 0.29) is 19.0 Å². The van der Waals surface area contributed by atoms with Crippen molar-refractivity contribution in [2.75, 3.05) is 13.7 Å². The summed E-state index contributed by atoms with van der Waals surface area (Å²) >= 11 is 0. The van der Waals surface area contributed by atoms with E-state index in [0.29, 0.717) is 0 Å². The van der Waals surface area contributed by atoms with Gasteiger partial charge in [0.15, 0.2) is 6.10 Å². The van der Waals surface area contributed by atoms with E-state index >= 15 is 0 Å². The topological polar surface area (TPSA) is 141 Å². The molecule has 1 aromatic rings. The number of ether oxygens (including phenoxy) is 4. The molecule has 1 aliphatic heterocycles. The van der Waals surface area contributed by atoms with Crippen molar-refractivity contribution < 1.29 is 43.5 Å². The number of methoxy groups -OCH3 is 1. The molecule has 2 rings (SSSR count). The van der Waals surface area contributed by atoms with Gasteiger partial charge in [-0.1, -0.05) is 30.3 Å². The number of nitrogens with one attached hydrogen (secondary N) is 1. The van der Waals surface area contributed by atoms with E-state index in [2.05, 4.69) is 10.1 Å². The smallest absolute Gasteiger partial charge is 0.373 e. The first-order valence-electron chi connectivity index (χ1n) is 9.61. The summed E-state index contributed by atoms with van der Waals surface area (Å²) in [5.74, 6) is -2.36. The average Bonchev–Trinajstić information content (AvgIpc) is 2.73. The van der Waals surface area contributed by atoms with Crippen LogP contribution in [0.2, 0.25) is 0 Å². The number of amides is 1. The lowest BCUT2D eigenvalue weighted by Gasteiger charge is -2.39. The molecule has 1 aliphatic rings. The number of carbonyl (C=O) groups excluding carboxylic acids is 3. The minimum absolute atomic E-state index is 0.203. The summed E-state index contributed by atoms with van der Waals surface area (Å²) in [6.45, 7) is 2.34. The Morgan fingerprint density at radius 1 is 1.16 bits per heavy atom. The molecule has 0 unspecified atom stereocenters. The second kappa shape index (κ2) is 11.4. The van der Waals surface area contributed by atoms with Crippen molar-refractivity contribution in [1.82, 2.24) is 5.32 Å². The summed E-state index contributed by atoms with van der Waals surface area (Å²) in [5.41, 5.74) is 0.875. The van der Waals surface area contributed by atoms with Crippen molar-refractivity contribution in [3.05, 3.63) is 47.7 Å². The number of benzene rings is 1. The molecule has 1 heterocycles. The average molecular weight is 437 g/mol. The number of hydrogen-bond donors (Lipinski definition) is 3. The highest BCUT2D eigenvalue weighted by molar-refractivity contribution is 5.86. The van der Waals surface area contributed by atoms with Crippen LogP contribution >= 0.6 is 0 Å². The molecule has 170 valence electrons. The molecule has 0 aliphatic carbocycles. The lowest BCUT2D eigenvalue weighted by molar-refractivity contribution is -0.163. The molecule has 0 radical (unpaired) electrons. The maximum atomic E-state index is 12.0. The number of carbonyl (C=O) groups is 3. The van der Waals surface area contributed by atoms with Gasteiger partial charge in [0.1, 0.15) is 24.4 Å². The first kappa shape index (κ1) is 24.3. The van der Waals surface area contributed by atoms with Crippen molar-refractivity contribution in [3.8, 4) is 0 Å². The molecule has 10 nitrogen and oxygen atoms in total. The lowest BCUT2D eigenvalue weighted by atomic mass is 9.93. The third kappa shape index (κ3) is 7.06. The largest absolute Gasteiger partial charge is 0.478 e. The van der Waals surface area contributed by atoms with Gasteiger partial charge in [-0.25, -0.2) is 4.79 Å². The van der Waals surface area contributed by atoms with Gasteiger partial charge in [-0.2, -0.15) is 0 Å². The number of esters is 2. The maximum absolute atomic E-state index is 12.0. The number of rotatable bonds is 9. The van der Waals surface area contributed by atoms with Gasteiger partial charge in [-0.3, -0.25) is 9.59 Å². The molecule has 0 saturated carbocycles. The Morgan fingerprint density at radius 2 is 1.84 bits per heavy atom. The fraction of sp³-hybridized carbons (Fsp3) is 0.476. The molecule has 3 N–H and O–H groups in total. The van der Waals surface area contributed by atoms with Crippen LogP contribution in [0, 0.1) is 0 Å². The predicted octanol–water partition coefficient (Wildman–Crippen LogP) is -0.183. The van der Waals surface area contributed by atoms with E-state index in [1.807, 2.05) is 30.3 Å². The van der Waals surface area contributed by atoms with E-state index in [9.17, 15) is 24.6 Å². The Morgan fingerprint density at radius 3 is 2.42 bits per heavy atom. The van der Waals surface area contributed by atoms with Crippen LogP contribution in [-0.2, 0) is 39.9 Å². The Balaban J connectivity index is 2.17. The molecular formula is C21H27NO9. The van der Waals surface area contributed by atoms with Crippen molar-refractivity contribution in [2.24, 2.45) is 0 Å². The standard InChI is InChI=1S/C21H27NO9/c1-12(23)22-18-16(30-13(2)24)9-17(21(27)28-3)31-20(18)19(26)15(25)11-29-10-14-7-5-4-6-8-14/h4-9,15-16,18-20,25-26H,10-11H2,1-3H3,(H,22,23)/t15-,16+,18-,19-,20-/m1/s1. The molecule has 5 atom stereocenters. The summed E-state index contributed by atoms with van der Waals surface area (Å²) in [4.78, 5) is 35.2. The monoisotopic (exact) mass is 437 g/mol. The summed E-state index contributed by atoms with van der Waals surface area (Å²) < 4.78 is 20.8. The van der Waals surface area contributed by atoms with E-state index < -0.39 is 48.3 Å². The Labute approximate surface area is 179 Å². The van der Waals surface area contributed by atoms with Crippen LogP contribution in [-0.4, -0.2) is 72.2 Å². The molecule has 0 spiro atoms. The molecule has 0 saturated heterocycles. The van der Waals surface area contributed by atoms with Gasteiger partial charge in [0.2, 0.25) is 11.7 Å². The molecule has 0 bridgehead atoms. The molecule has 0 fully saturated rings. The van der Waals surface area contributed by atoms with Gasteiger partial charge in [-0.15, -0.1) is 0 Å². The summed E-state index contributed by atoms with van der Waals surface area (Å²) in [5, 5.41) is 23.7. The molecular weight excluding hydrogens is 410 g/mol. The number of hydrogen-bond acceptors (Lipinski definition) is 9. The Kier molecular flexibility index (Phi) is 8.98. The normalized spacial score (nSPS) is 22.4. The van der Waals surface area contributed by atoms with Crippen molar-refractivity contribution in [1.29, 1.82) is 0 Å². The first-order valence-corrected chi connectivity index (χ1v) is 9.61. The molecule has 1 aromatic carbocycles. The summed E-state index contributed by atoms with van der Waals surface area (Å²) in [7, 11) is 1.13. The van der Waals surface area contributed by atoms with Gasteiger partial charge in [0.05, 0.1) is 20.3 Å². The van der Waals surface area contributed by atoms with Crippen LogP contribution in [0.25, 0.3) is 0 Å². The summed E-state index contributed by atoms with van der Waals surface area (Å²) in [6.07, 6.45) is -4.32.